The van der Waals surface area contributed by atoms with Crippen LogP contribution in [0.2, 0.25) is 5.02 Å². The van der Waals surface area contributed by atoms with Crippen molar-refractivity contribution in [2.24, 2.45) is 5.41 Å². The molecular weight excluding hydrogens is 284 g/mol. The first-order valence-electron chi connectivity index (χ1n) is 7.88. The number of carbonyl (C=O) groups is 1. The van der Waals surface area contributed by atoms with E-state index in [1.807, 2.05) is 24.3 Å². The molecule has 2 N–H and O–H groups in total. The molecule has 0 saturated carbocycles. The Morgan fingerprint density at radius 2 is 1.90 bits per heavy atom. The van der Waals surface area contributed by atoms with Gasteiger partial charge in [0.05, 0.1) is 11.5 Å². The van der Waals surface area contributed by atoms with Gasteiger partial charge in [-0.2, -0.15) is 0 Å². The van der Waals surface area contributed by atoms with E-state index >= 15 is 0 Å². The number of nitrogens with one attached hydrogen (secondary N) is 2. The fraction of sp³-hybridized carbons (Fsp3) is 0.588. The van der Waals surface area contributed by atoms with E-state index in [0.717, 1.165) is 49.4 Å². The fourth-order valence-electron chi connectivity index (χ4n) is 3.07. The highest BCUT2D eigenvalue weighted by Gasteiger charge is 2.38. The van der Waals surface area contributed by atoms with Gasteiger partial charge in [-0.1, -0.05) is 37.6 Å². The summed E-state index contributed by atoms with van der Waals surface area (Å²) in [7, 11) is 0. The lowest BCUT2D eigenvalue weighted by Crippen LogP contribution is -2.48. The molecule has 1 aliphatic rings. The minimum Gasteiger partial charge on any atom is -0.349 e. The molecule has 116 valence electrons. The molecule has 3 nitrogen and oxygen atoms in total. The van der Waals surface area contributed by atoms with E-state index in [1.54, 1.807) is 0 Å². The van der Waals surface area contributed by atoms with Crippen LogP contribution in [0, 0.1) is 5.41 Å². The van der Waals surface area contributed by atoms with Gasteiger partial charge in [0.2, 0.25) is 5.91 Å². The maximum absolute atomic E-state index is 12.8. The van der Waals surface area contributed by atoms with E-state index in [-0.39, 0.29) is 17.4 Å². The van der Waals surface area contributed by atoms with E-state index < -0.39 is 0 Å². The SMILES string of the molecule is CCC(NC(=O)C1(CC)CCNCC1)c1ccc(Cl)cc1. The molecule has 2 rings (SSSR count). The zero-order valence-corrected chi connectivity index (χ0v) is 13.7. The standard InChI is InChI=1S/C17H25ClN2O/c1-3-15(13-5-7-14(18)8-6-13)20-16(21)17(4-2)9-11-19-12-10-17/h5-8,15,19H,3-4,9-12H2,1-2H3,(H,20,21). The number of benzene rings is 1. The molecule has 0 aromatic heterocycles. The van der Waals surface area contributed by atoms with E-state index in [0.29, 0.717) is 0 Å². The Labute approximate surface area is 132 Å². The predicted octanol–water partition coefficient (Wildman–Crippen LogP) is 3.69. The summed E-state index contributed by atoms with van der Waals surface area (Å²) in [6.45, 7) is 6.08. The minimum atomic E-state index is -0.203. The normalized spacial score (nSPS) is 19.0. The van der Waals surface area contributed by atoms with E-state index in [9.17, 15) is 4.79 Å². The highest BCUT2D eigenvalue weighted by Crippen LogP contribution is 2.34. The van der Waals surface area contributed by atoms with Crippen molar-refractivity contribution >= 4 is 17.5 Å². The van der Waals surface area contributed by atoms with Gasteiger partial charge >= 0.3 is 0 Å². The van der Waals surface area contributed by atoms with Gasteiger partial charge in [-0.15, -0.1) is 0 Å². The lowest BCUT2D eigenvalue weighted by Gasteiger charge is -2.36. The molecule has 1 fully saturated rings. The third kappa shape index (κ3) is 3.78. The van der Waals surface area contributed by atoms with Crippen LogP contribution in [0.1, 0.15) is 51.1 Å². The van der Waals surface area contributed by atoms with Crippen molar-refractivity contribution in [1.82, 2.24) is 10.6 Å². The Kier molecular flexibility index (Phi) is 5.65. The van der Waals surface area contributed by atoms with Crippen molar-refractivity contribution in [2.45, 2.75) is 45.6 Å². The smallest absolute Gasteiger partial charge is 0.226 e. The van der Waals surface area contributed by atoms with Crippen LogP contribution in [0.4, 0.5) is 0 Å². The van der Waals surface area contributed by atoms with Crippen LogP contribution in [0.3, 0.4) is 0 Å². The summed E-state index contributed by atoms with van der Waals surface area (Å²) >= 11 is 5.94. The molecule has 1 atom stereocenters. The average Bonchev–Trinajstić information content (AvgIpc) is 2.54. The van der Waals surface area contributed by atoms with Crippen LogP contribution in [0.5, 0.6) is 0 Å². The lowest BCUT2D eigenvalue weighted by molar-refractivity contribution is -0.133. The molecule has 1 unspecified atom stereocenters. The molecule has 0 aliphatic carbocycles. The highest BCUT2D eigenvalue weighted by atomic mass is 35.5. The van der Waals surface area contributed by atoms with Gasteiger partial charge in [-0.25, -0.2) is 0 Å². The van der Waals surface area contributed by atoms with Crippen LogP contribution in [-0.2, 0) is 4.79 Å². The minimum absolute atomic E-state index is 0.0630. The van der Waals surface area contributed by atoms with Crippen LogP contribution in [0.25, 0.3) is 0 Å². The monoisotopic (exact) mass is 308 g/mol. The molecule has 21 heavy (non-hydrogen) atoms. The van der Waals surface area contributed by atoms with Gasteiger partial charge in [0.25, 0.3) is 0 Å². The first kappa shape index (κ1) is 16.3. The van der Waals surface area contributed by atoms with Gasteiger partial charge in [0.1, 0.15) is 0 Å². The van der Waals surface area contributed by atoms with Crippen molar-refractivity contribution in [2.75, 3.05) is 13.1 Å². The molecular formula is C17H25ClN2O. The zero-order valence-electron chi connectivity index (χ0n) is 12.9. The van der Waals surface area contributed by atoms with Gasteiger partial charge in [0.15, 0.2) is 0 Å². The summed E-state index contributed by atoms with van der Waals surface area (Å²) in [5.41, 5.74) is 0.917. The Bertz CT molecular complexity index is 466. The molecule has 4 heteroatoms. The molecule has 0 bridgehead atoms. The first-order valence-corrected chi connectivity index (χ1v) is 8.26. The number of halogens is 1. The number of piperidine rings is 1. The average molecular weight is 309 g/mol. The van der Waals surface area contributed by atoms with Crippen LogP contribution in [-0.4, -0.2) is 19.0 Å². The van der Waals surface area contributed by atoms with Crippen molar-refractivity contribution in [3.8, 4) is 0 Å². The fourth-order valence-corrected chi connectivity index (χ4v) is 3.20. The molecule has 1 aliphatic heterocycles. The largest absolute Gasteiger partial charge is 0.349 e. The van der Waals surface area contributed by atoms with Gasteiger partial charge < -0.3 is 10.6 Å². The summed E-state index contributed by atoms with van der Waals surface area (Å²) in [4.78, 5) is 12.8. The Morgan fingerprint density at radius 3 is 2.43 bits per heavy atom. The maximum Gasteiger partial charge on any atom is 0.226 e. The number of rotatable bonds is 5. The molecule has 1 aromatic rings. The number of hydrogen-bond acceptors (Lipinski definition) is 2. The number of hydrogen-bond donors (Lipinski definition) is 2. The second-order valence-electron chi connectivity index (χ2n) is 5.87. The third-order valence-electron chi connectivity index (χ3n) is 4.71. The predicted molar refractivity (Wildman–Crippen MR) is 87.5 cm³/mol. The third-order valence-corrected chi connectivity index (χ3v) is 4.96. The van der Waals surface area contributed by atoms with E-state index in [4.69, 9.17) is 11.6 Å². The van der Waals surface area contributed by atoms with Crippen molar-refractivity contribution in [3.63, 3.8) is 0 Å². The van der Waals surface area contributed by atoms with Gasteiger partial charge in [-0.3, -0.25) is 4.79 Å². The quantitative estimate of drug-likeness (QED) is 0.871. The first-order chi connectivity index (χ1) is 10.1. The maximum atomic E-state index is 12.8. The second-order valence-corrected chi connectivity index (χ2v) is 6.31. The highest BCUT2D eigenvalue weighted by molar-refractivity contribution is 6.30. The number of carbonyl (C=O) groups excluding carboxylic acids is 1. The van der Waals surface area contributed by atoms with Crippen LogP contribution >= 0.6 is 11.6 Å². The summed E-state index contributed by atoms with van der Waals surface area (Å²) in [5, 5.41) is 7.32. The molecule has 1 amide bonds. The second kappa shape index (κ2) is 7.28. The van der Waals surface area contributed by atoms with Gasteiger partial charge in [0, 0.05) is 5.02 Å². The van der Waals surface area contributed by atoms with Crippen molar-refractivity contribution in [1.29, 1.82) is 0 Å². The van der Waals surface area contributed by atoms with E-state index in [2.05, 4.69) is 24.5 Å². The van der Waals surface area contributed by atoms with Crippen LogP contribution < -0.4 is 10.6 Å². The number of amides is 1. The summed E-state index contributed by atoms with van der Waals surface area (Å²) in [6, 6.07) is 7.82. The summed E-state index contributed by atoms with van der Waals surface area (Å²) < 4.78 is 0. The lowest BCUT2D eigenvalue weighted by atomic mass is 9.75. The summed E-state index contributed by atoms with van der Waals surface area (Å²) in [5.74, 6) is 0.202. The molecule has 0 spiro atoms. The Morgan fingerprint density at radius 1 is 1.29 bits per heavy atom. The van der Waals surface area contributed by atoms with Crippen molar-refractivity contribution < 1.29 is 4.79 Å². The van der Waals surface area contributed by atoms with Crippen LogP contribution in [0.15, 0.2) is 24.3 Å². The summed E-state index contributed by atoms with van der Waals surface area (Å²) in [6.07, 6.45) is 3.63. The topological polar surface area (TPSA) is 41.1 Å². The Balaban J connectivity index is 2.10. The molecule has 1 heterocycles. The van der Waals surface area contributed by atoms with Gasteiger partial charge in [-0.05, 0) is 56.5 Å². The van der Waals surface area contributed by atoms with E-state index in [1.165, 1.54) is 0 Å². The van der Waals surface area contributed by atoms with Crippen molar-refractivity contribution in [3.05, 3.63) is 34.9 Å². The Hall–Kier alpha value is -1.06. The zero-order chi connectivity index (χ0) is 15.3. The molecule has 1 aromatic carbocycles. The molecule has 0 radical (unpaired) electrons. The molecule has 1 saturated heterocycles.